The smallest absolute Gasteiger partial charge is 0.0658 e. The lowest BCUT2D eigenvalue weighted by atomic mass is 9.97. The van der Waals surface area contributed by atoms with E-state index in [2.05, 4.69) is 0 Å². The van der Waals surface area contributed by atoms with E-state index in [1.165, 1.54) is 6.42 Å². The van der Waals surface area contributed by atoms with Crippen molar-refractivity contribution in [2.24, 2.45) is 0 Å². The molecular formula is C9H18O2S. The summed E-state index contributed by atoms with van der Waals surface area (Å²) in [5, 5.41) is 19.1. The van der Waals surface area contributed by atoms with Crippen LogP contribution in [-0.4, -0.2) is 33.4 Å². The molecule has 2 N–H and O–H groups in total. The quantitative estimate of drug-likeness (QED) is 0.707. The monoisotopic (exact) mass is 190 g/mol. The highest BCUT2D eigenvalue weighted by molar-refractivity contribution is 8.00. The predicted molar refractivity (Wildman–Crippen MR) is 52.4 cm³/mol. The molecule has 0 amide bonds. The lowest BCUT2D eigenvalue weighted by Gasteiger charge is -2.28. The Bertz CT molecular complexity index is 130. The van der Waals surface area contributed by atoms with Crippen LogP contribution in [0.4, 0.5) is 0 Å². The predicted octanol–water partition coefficient (Wildman–Crippen LogP) is 1.40. The Morgan fingerprint density at radius 1 is 1.42 bits per heavy atom. The molecule has 0 aromatic carbocycles. The fraction of sp³-hybridized carbons (Fsp3) is 1.00. The lowest BCUT2D eigenvalue weighted by Crippen LogP contribution is -2.29. The number of aliphatic hydroxyl groups is 2. The topological polar surface area (TPSA) is 40.5 Å². The highest BCUT2D eigenvalue weighted by Crippen LogP contribution is 2.31. The van der Waals surface area contributed by atoms with E-state index < -0.39 is 0 Å². The Kier molecular flexibility index (Phi) is 4.40. The molecule has 0 saturated heterocycles. The SMILES string of the molecule is CC(CO)S[C@@H]1CCCC[C@H]1O. The summed E-state index contributed by atoms with van der Waals surface area (Å²) in [6.45, 7) is 2.22. The van der Waals surface area contributed by atoms with Gasteiger partial charge in [-0.1, -0.05) is 19.8 Å². The van der Waals surface area contributed by atoms with Gasteiger partial charge in [-0.05, 0) is 12.8 Å². The van der Waals surface area contributed by atoms with Gasteiger partial charge in [0.2, 0.25) is 0 Å². The fourth-order valence-electron chi connectivity index (χ4n) is 1.58. The Morgan fingerprint density at radius 2 is 2.08 bits per heavy atom. The number of hydrogen-bond acceptors (Lipinski definition) is 3. The number of rotatable bonds is 3. The van der Waals surface area contributed by atoms with E-state index in [4.69, 9.17) is 5.11 Å². The van der Waals surface area contributed by atoms with Gasteiger partial charge in [0.15, 0.2) is 0 Å². The van der Waals surface area contributed by atoms with Gasteiger partial charge >= 0.3 is 0 Å². The third-order valence-corrected chi connectivity index (χ3v) is 3.85. The van der Waals surface area contributed by atoms with Gasteiger partial charge in [0.05, 0.1) is 12.7 Å². The van der Waals surface area contributed by atoms with Gasteiger partial charge in [0, 0.05) is 10.5 Å². The summed E-state index contributed by atoms with van der Waals surface area (Å²) in [4.78, 5) is 0. The number of hydrogen-bond donors (Lipinski definition) is 2. The van der Waals surface area contributed by atoms with Gasteiger partial charge in [-0.2, -0.15) is 11.8 Å². The second-order valence-corrected chi connectivity index (χ2v) is 5.20. The molecular weight excluding hydrogens is 172 g/mol. The van der Waals surface area contributed by atoms with Crippen molar-refractivity contribution in [3.8, 4) is 0 Å². The minimum atomic E-state index is -0.141. The van der Waals surface area contributed by atoms with Gasteiger partial charge in [-0.15, -0.1) is 0 Å². The summed E-state index contributed by atoms with van der Waals surface area (Å²) in [6.07, 6.45) is 4.29. The third kappa shape index (κ3) is 2.96. The molecule has 2 nitrogen and oxygen atoms in total. The molecule has 3 heteroatoms. The van der Waals surface area contributed by atoms with Crippen molar-refractivity contribution in [2.45, 2.75) is 49.2 Å². The van der Waals surface area contributed by atoms with Crippen molar-refractivity contribution in [3.05, 3.63) is 0 Å². The van der Waals surface area contributed by atoms with Crippen LogP contribution in [0.1, 0.15) is 32.6 Å². The van der Waals surface area contributed by atoms with E-state index >= 15 is 0 Å². The lowest BCUT2D eigenvalue weighted by molar-refractivity contribution is 0.136. The van der Waals surface area contributed by atoms with Crippen LogP contribution in [0.3, 0.4) is 0 Å². The minimum absolute atomic E-state index is 0.141. The van der Waals surface area contributed by atoms with Gasteiger partial charge < -0.3 is 10.2 Å². The molecule has 1 saturated carbocycles. The fourth-order valence-corrected chi connectivity index (χ4v) is 2.88. The highest BCUT2D eigenvalue weighted by Gasteiger charge is 2.24. The van der Waals surface area contributed by atoms with Crippen LogP contribution >= 0.6 is 11.8 Å². The Balaban J connectivity index is 2.28. The molecule has 0 bridgehead atoms. The molecule has 0 heterocycles. The number of thioether (sulfide) groups is 1. The maximum atomic E-state index is 9.61. The van der Waals surface area contributed by atoms with Crippen LogP contribution in [0.5, 0.6) is 0 Å². The van der Waals surface area contributed by atoms with Gasteiger partial charge in [-0.3, -0.25) is 0 Å². The second kappa shape index (κ2) is 5.10. The summed E-state index contributed by atoms with van der Waals surface area (Å²) < 4.78 is 0. The molecule has 0 spiro atoms. The maximum Gasteiger partial charge on any atom is 0.0658 e. The van der Waals surface area contributed by atoms with E-state index in [0.717, 1.165) is 19.3 Å². The normalized spacial score (nSPS) is 33.2. The van der Waals surface area contributed by atoms with Crippen LogP contribution in [0.15, 0.2) is 0 Å². The van der Waals surface area contributed by atoms with Crippen molar-refractivity contribution in [2.75, 3.05) is 6.61 Å². The summed E-state index contributed by atoms with van der Waals surface area (Å²) in [6, 6.07) is 0. The first-order valence-electron chi connectivity index (χ1n) is 4.68. The van der Waals surface area contributed by atoms with E-state index in [9.17, 15) is 5.11 Å². The average Bonchev–Trinajstić information content (AvgIpc) is 2.09. The zero-order chi connectivity index (χ0) is 8.97. The molecule has 1 aliphatic rings. The highest BCUT2D eigenvalue weighted by atomic mass is 32.2. The van der Waals surface area contributed by atoms with Crippen LogP contribution in [0.2, 0.25) is 0 Å². The first-order valence-corrected chi connectivity index (χ1v) is 5.62. The molecule has 1 unspecified atom stereocenters. The molecule has 12 heavy (non-hydrogen) atoms. The Morgan fingerprint density at radius 3 is 2.67 bits per heavy atom. The molecule has 72 valence electrons. The van der Waals surface area contributed by atoms with Crippen molar-refractivity contribution in [3.63, 3.8) is 0 Å². The minimum Gasteiger partial charge on any atom is -0.395 e. The molecule has 3 atom stereocenters. The summed E-state index contributed by atoms with van der Waals surface area (Å²) in [7, 11) is 0. The molecule has 0 radical (unpaired) electrons. The van der Waals surface area contributed by atoms with E-state index in [-0.39, 0.29) is 18.0 Å². The largest absolute Gasteiger partial charge is 0.395 e. The van der Waals surface area contributed by atoms with Crippen LogP contribution in [-0.2, 0) is 0 Å². The van der Waals surface area contributed by atoms with Crippen molar-refractivity contribution < 1.29 is 10.2 Å². The third-order valence-electron chi connectivity index (χ3n) is 2.33. The van der Waals surface area contributed by atoms with Crippen molar-refractivity contribution in [1.82, 2.24) is 0 Å². The Hall–Kier alpha value is 0.270. The second-order valence-electron chi connectivity index (χ2n) is 3.52. The van der Waals surface area contributed by atoms with Crippen LogP contribution in [0.25, 0.3) is 0 Å². The molecule has 1 aliphatic carbocycles. The van der Waals surface area contributed by atoms with E-state index in [0.29, 0.717) is 5.25 Å². The van der Waals surface area contributed by atoms with Crippen molar-refractivity contribution in [1.29, 1.82) is 0 Å². The molecule has 0 aliphatic heterocycles. The molecule has 1 rings (SSSR count). The molecule has 1 fully saturated rings. The van der Waals surface area contributed by atoms with E-state index in [1.54, 1.807) is 11.8 Å². The summed E-state index contributed by atoms with van der Waals surface area (Å²) >= 11 is 1.73. The molecule has 0 aromatic heterocycles. The Labute approximate surface area is 78.4 Å². The molecule has 0 aromatic rings. The maximum absolute atomic E-state index is 9.61. The summed E-state index contributed by atoms with van der Waals surface area (Å²) in [5.41, 5.74) is 0. The van der Waals surface area contributed by atoms with Gasteiger partial charge in [0.1, 0.15) is 0 Å². The first kappa shape index (κ1) is 10.4. The van der Waals surface area contributed by atoms with Gasteiger partial charge in [0.25, 0.3) is 0 Å². The van der Waals surface area contributed by atoms with Gasteiger partial charge in [-0.25, -0.2) is 0 Å². The van der Waals surface area contributed by atoms with Crippen LogP contribution < -0.4 is 0 Å². The van der Waals surface area contributed by atoms with Crippen LogP contribution in [0, 0.1) is 0 Å². The first-order chi connectivity index (χ1) is 5.74. The average molecular weight is 190 g/mol. The van der Waals surface area contributed by atoms with Crippen molar-refractivity contribution >= 4 is 11.8 Å². The van der Waals surface area contributed by atoms with E-state index in [1.807, 2.05) is 6.92 Å². The zero-order valence-electron chi connectivity index (χ0n) is 7.57. The standard InChI is InChI=1S/C9H18O2S/c1-7(6-10)12-9-5-3-2-4-8(9)11/h7-11H,2-6H2,1H3/t7?,8-,9-/m1/s1. The summed E-state index contributed by atoms with van der Waals surface area (Å²) in [5.74, 6) is 0. The number of aliphatic hydroxyl groups excluding tert-OH is 2. The zero-order valence-corrected chi connectivity index (χ0v) is 8.39.